The van der Waals surface area contributed by atoms with Crippen LogP contribution in [0.15, 0.2) is 24.3 Å². The van der Waals surface area contributed by atoms with Crippen molar-refractivity contribution in [3.63, 3.8) is 0 Å². The number of hydrogen-bond acceptors (Lipinski definition) is 3. The number of piperidine rings is 1. The number of nitrogens with one attached hydrogen (secondary N) is 1. The molecule has 1 unspecified atom stereocenters. The van der Waals surface area contributed by atoms with E-state index in [2.05, 4.69) is 24.1 Å². The van der Waals surface area contributed by atoms with Crippen LogP contribution in [0.2, 0.25) is 0 Å². The zero-order chi connectivity index (χ0) is 15.5. The highest BCUT2D eigenvalue weighted by atomic mass is 35.5. The summed E-state index contributed by atoms with van der Waals surface area (Å²) < 4.78 is 12.8. The van der Waals surface area contributed by atoms with Crippen molar-refractivity contribution in [1.29, 1.82) is 0 Å². The predicted molar refractivity (Wildman–Crippen MR) is 89.7 cm³/mol. The molecule has 3 N–H and O–H groups in total. The number of halogens is 2. The number of amides is 1. The summed E-state index contributed by atoms with van der Waals surface area (Å²) in [5.41, 5.74) is 6.82. The summed E-state index contributed by atoms with van der Waals surface area (Å²) in [5.74, 6) is -0.353. The van der Waals surface area contributed by atoms with Crippen LogP contribution in [0.1, 0.15) is 26.7 Å². The van der Waals surface area contributed by atoms with Gasteiger partial charge < -0.3 is 16.0 Å². The molecular weight excluding hydrogens is 305 g/mol. The summed E-state index contributed by atoms with van der Waals surface area (Å²) >= 11 is 0. The van der Waals surface area contributed by atoms with Gasteiger partial charge in [-0.05, 0) is 42.6 Å². The molecule has 124 valence electrons. The summed E-state index contributed by atoms with van der Waals surface area (Å²) in [6.07, 6.45) is 1.40. The summed E-state index contributed by atoms with van der Waals surface area (Å²) in [6.45, 7) is 6.92. The number of carbonyl (C=O) groups excluding carboxylic acids is 1. The molecular formula is C16H25ClFN3O. The largest absolute Gasteiger partial charge is 0.327 e. The number of benzene rings is 1. The van der Waals surface area contributed by atoms with Gasteiger partial charge in [-0.25, -0.2) is 4.39 Å². The zero-order valence-corrected chi connectivity index (χ0v) is 14.0. The van der Waals surface area contributed by atoms with Crippen molar-refractivity contribution in [2.24, 2.45) is 11.1 Å². The third kappa shape index (κ3) is 5.23. The minimum absolute atomic E-state index is 0. The summed E-state index contributed by atoms with van der Waals surface area (Å²) in [4.78, 5) is 14.2. The molecule has 1 aliphatic heterocycles. The van der Waals surface area contributed by atoms with Gasteiger partial charge in [0.25, 0.3) is 0 Å². The molecule has 1 saturated heterocycles. The zero-order valence-electron chi connectivity index (χ0n) is 13.1. The summed E-state index contributed by atoms with van der Waals surface area (Å²) in [7, 11) is 0. The molecule has 0 bridgehead atoms. The molecule has 2 rings (SSSR count). The second kappa shape index (κ2) is 7.90. The van der Waals surface area contributed by atoms with E-state index in [1.54, 1.807) is 12.1 Å². The lowest BCUT2D eigenvalue weighted by Crippen LogP contribution is -2.52. The molecule has 0 aliphatic carbocycles. The van der Waals surface area contributed by atoms with E-state index in [9.17, 15) is 9.18 Å². The van der Waals surface area contributed by atoms with Crippen molar-refractivity contribution in [2.45, 2.75) is 32.7 Å². The number of likely N-dealkylation sites (tertiary alicyclic amines) is 1. The lowest BCUT2D eigenvalue weighted by molar-refractivity contribution is -0.116. The fourth-order valence-corrected chi connectivity index (χ4v) is 2.69. The van der Waals surface area contributed by atoms with Crippen molar-refractivity contribution >= 4 is 24.0 Å². The Bertz CT molecular complexity index is 493. The van der Waals surface area contributed by atoms with Crippen LogP contribution in [0.4, 0.5) is 10.1 Å². The second-order valence-corrected chi connectivity index (χ2v) is 6.46. The number of carbonyl (C=O) groups is 1. The monoisotopic (exact) mass is 329 g/mol. The van der Waals surface area contributed by atoms with E-state index in [-0.39, 0.29) is 35.6 Å². The Balaban J connectivity index is 0.00000242. The molecule has 1 amide bonds. The molecule has 0 aromatic heterocycles. The maximum Gasteiger partial charge on any atom is 0.225 e. The fourth-order valence-electron chi connectivity index (χ4n) is 2.69. The van der Waals surface area contributed by atoms with Crippen LogP contribution in [-0.4, -0.2) is 36.5 Å². The Morgan fingerprint density at radius 3 is 2.64 bits per heavy atom. The number of rotatable bonds is 4. The van der Waals surface area contributed by atoms with Crippen molar-refractivity contribution in [3.05, 3.63) is 30.1 Å². The molecule has 1 aromatic rings. The van der Waals surface area contributed by atoms with Crippen molar-refractivity contribution < 1.29 is 9.18 Å². The molecule has 1 fully saturated rings. The Morgan fingerprint density at radius 1 is 1.41 bits per heavy atom. The first kappa shape index (κ1) is 18.9. The maximum absolute atomic E-state index is 12.8. The first-order chi connectivity index (χ1) is 9.87. The van der Waals surface area contributed by atoms with Crippen LogP contribution in [0.5, 0.6) is 0 Å². The van der Waals surface area contributed by atoms with E-state index < -0.39 is 0 Å². The van der Waals surface area contributed by atoms with Crippen molar-refractivity contribution in [2.75, 3.05) is 25.0 Å². The Labute approximate surface area is 137 Å². The topological polar surface area (TPSA) is 58.4 Å². The van der Waals surface area contributed by atoms with Crippen LogP contribution in [-0.2, 0) is 4.79 Å². The van der Waals surface area contributed by atoms with Gasteiger partial charge in [0.2, 0.25) is 5.91 Å². The third-order valence-electron chi connectivity index (χ3n) is 4.17. The molecule has 1 aliphatic rings. The van der Waals surface area contributed by atoms with E-state index in [4.69, 9.17) is 5.73 Å². The highest BCUT2D eigenvalue weighted by molar-refractivity contribution is 5.90. The second-order valence-electron chi connectivity index (χ2n) is 6.46. The van der Waals surface area contributed by atoms with Crippen molar-refractivity contribution in [1.82, 2.24) is 4.90 Å². The lowest BCUT2D eigenvalue weighted by Gasteiger charge is -2.42. The number of nitrogens with zero attached hydrogens (tertiary/aromatic N) is 1. The van der Waals surface area contributed by atoms with Gasteiger partial charge in [-0.15, -0.1) is 12.4 Å². The maximum atomic E-state index is 12.8. The average Bonchev–Trinajstić information content (AvgIpc) is 2.42. The van der Waals surface area contributed by atoms with E-state index in [0.717, 1.165) is 26.1 Å². The van der Waals surface area contributed by atoms with Gasteiger partial charge in [0.1, 0.15) is 5.82 Å². The highest BCUT2D eigenvalue weighted by Crippen LogP contribution is 2.27. The average molecular weight is 330 g/mol. The number of anilines is 1. The molecule has 0 saturated carbocycles. The number of hydrogen-bond donors (Lipinski definition) is 2. The van der Waals surface area contributed by atoms with Crippen LogP contribution >= 0.6 is 12.4 Å². The van der Waals surface area contributed by atoms with E-state index in [1.807, 2.05) is 0 Å². The fraction of sp³-hybridized carbons (Fsp3) is 0.562. The van der Waals surface area contributed by atoms with E-state index >= 15 is 0 Å². The summed E-state index contributed by atoms with van der Waals surface area (Å²) in [5, 5.41) is 2.78. The van der Waals surface area contributed by atoms with E-state index in [0.29, 0.717) is 12.1 Å². The SMILES string of the molecule is CC1(C)CN(CCC(=O)Nc2ccc(F)cc2)CCC1N.Cl. The van der Waals surface area contributed by atoms with Crippen LogP contribution in [0.3, 0.4) is 0 Å². The quantitative estimate of drug-likeness (QED) is 0.892. The van der Waals surface area contributed by atoms with Gasteiger partial charge >= 0.3 is 0 Å². The van der Waals surface area contributed by atoms with Gasteiger partial charge in [-0.1, -0.05) is 13.8 Å². The minimum atomic E-state index is -0.306. The van der Waals surface area contributed by atoms with Gasteiger partial charge in [-0.2, -0.15) is 0 Å². The smallest absolute Gasteiger partial charge is 0.225 e. The molecule has 22 heavy (non-hydrogen) atoms. The Kier molecular flexibility index (Phi) is 6.78. The van der Waals surface area contributed by atoms with Gasteiger partial charge in [-0.3, -0.25) is 4.79 Å². The first-order valence-electron chi connectivity index (χ1n) is 7.40. The molecule has 0 spiro atoms. The van der Waals surface area contributed by atoms with Crippen LogP contribution in [0.25, 0.3) is 0 Å². The standard InChI is InChI=1S/C16H24FN3O.ClH/c1-16(2)11-20(9-7-14(16)18)10-8-15(21)19-13-5-3-12(17)4-6-13;/h3-6,14H,7-11,18H2,1-2H3,(H,19,21);1H. The van der Waals surface area contributed by atoms with Crippen molar-refractivity contribution in [3.8, 4) is 0 Å². The van der Waals surface area contributed by atoms with Gasteiger partial charge in [0, 0.05) is 31.2 Å². The van der Waals surface area contributed by atoms with Crippen LogP contribution in [0, 0.1) is 11.2 Å². The highest BCUT2D eigenvalue weighted by Gasteiger charge is 2.33. The third-order valence-corrected chi connectivity index (χ3v) is 4.17. The molecule has 6 heteroatoms. The Morgan fingerprint density at radius 2 is 2.05 bits per heavy atom. The molecule has 1 aromatic carbocycles. The van der Waals surface area contributed by atoms with Gasteiger partial charge in [0.15, 0.2) is 0 Å². The number of nitrogens with two attached hydrogens (primary N) is 1. The first-order valence-corrected chi connectivity index (χ1v) is 7.40. The van der Waals surface area contributed by atoms with E-state index in [1.165, 1.54) is 12.1 Å². The molecule has 1 atom stereocenters. The predicted octanol–water partition coefficient (Wildman–Crippen LogP) is 2.64. The Hall–Kier alpha value is -1.17. The lowest BCUT2D eigenvalue weighted by atomic mass is 9.80. The molecule has 4 nitrogen and oxygen atoms in total. The summed E-state index contributed by atoms with van der Waals surface area (Å²) in [6, 6.07) is 6.03. The van der Waals surface area contributed by atoms with Crippen LogP contribution < -0.4 is 11.1 Å². The molecule has 0 radical (unpaired) electrons. The molecule has 1 heterocycles. The normalized spacial score (nSPS) is 21.0. The minimum Gasteiger partial charge on any atom is -0.327 e. The van der Waals surface area contributed by atoms with Gasteiger partial charge in [0.05, 0.1) is 0 Å².